The molecule has 0 aliphatic heterocycles. The predicted molar refractivity (Wildman–Crippen MR) is 88.8 cm³/mol. The second-order valence-electron chi connectivity index (χ2n) is 5.00. The Kier molecular flexibility index (Phi) is 4.51. The summed E-state index contributed by atoms with van der Waals surface area (Å²) in [6.07, 6.45) is 1.13. The molecule has 1 N–H and O–H groups in total. The van der Waals surface area contributed by atoms with Crippen LogP contribution in [0.5, 0.6) is 0 Å². The summed E-state index contributed by atoms with van der Waals surface area (Å²) in [5.41, 5.74) is 2.23. The number of nitrogens with one attached hydrogen (secondary N) is 1. The van der Waals surface area contributed by atoms with Crippen LogP contribution in [0.2, 0.25) is 0 Å². The van der Waals surface area contributed by atoms with E-state index in [9.17, 15) is 13.2 Å². The monoisotopic (exact) mass is 318 g/mol. The Bertz CT molecular complexity index is 786. The molecule has 0 aliphatic rings. The molecular formula is C16H18N2O3S. The Hall–Kier alpha value is -2.34. The van der Waals surface area contributed by atoms with Crippen LogP contribution in [0.1, 0.15) is 15.9 Å². The number of benzene rings is 2. The molecule has 2 aromatic carbocycles. The van der Waals surface area contributed by atoms with Crippen molar-refractivity contribution in [2.75, 3.05) is 22.9 Å². The van der Waals surface area contributed by atoms with Gasteiger partial charge >= 0.3 is 0 Å². The summed E-state index contributed by atoms with van der Waals surface area (Å²) in [5, 5.41) is 2.80. The van der Waals surface area contributed by atoms with Gasteiger partial charge in [0.05, 0.1) is 11.9 Å². The predicted octanol–water partition coefficient (Wildman–Crippen LogP) is 2.64. The van der Waals surface area contributed by atoms with Gasteiger partial charge in [0.1, 0.15) is 0 Å². The first-order chi connectivity index (χ1) is 10.3. The minimum atomic E-state index is -3.38. The molecule has 2 rings (SSSR count). The van der Waals surface area contributed by atoms with Gasteiger partial charge in [0.15, 0.2) is 0 Å². The molecule has 0 fully saturated rings. The summed E-state index contributed by atoms with van der Waals surface area (Å²) < 4.78 is 24.5. The second-order valence-corrected chi connectivity index (χ2v) is 7.01. The molecule has 0 atom stereocenters. The number of amides is 1. The quantitative estimate of drug-likeness (QED) is 0.942. The maximum Gasteiger partial charge on any atom is 0.256 e. The zero-order chi connectivity index (χ0) is 16.3. The van der Waals surface area contributed by atoms with Crippen molar-refractivity contribution in [3.05, 3.63) is 59.7 Å². The molecule has 6 heteroatoms. The van der Waals surface area contributed by atoms with Crippen molar-refractivity contribution in [3.63, 3.8) is 0 Å². The highest BCUT2D eigenvalue weighted by Gasteiger charge is 2.18. The molecule has 0 spiro atoms. The zero-order valence-electron chi connectivity index (χ0n) is 12.7. The van der Waals surface area contributed by atoms with Gasteiger partial charge in [-0.15, -0.1) is 0 Å². The lowest BCUT2D eigenvalue weighted by molar-refractivity contribution is 0.102. The molecular weight excluding hydrogens is 300 g/mol. The zero-order valence-corrected chi connectivity index (χ0v) is 13.5. The molecule has 2 aromatic rings. The van der Waals surface area contributed by atoms with Gasteiger partial charge in [0, 0.05) is 18.3 Å². The van der Waals surface area contributed by atoms with E-state index in [1.54, 1.807) is 37.3 Å². The van der Waals surface area contributed by atoms with E-state index in [1.807, 2.05) is 18.2 Å². The third-order valence-corrected chi connectivity index (χ3v) is 4.61. The van der Waals surface area contributed by atoms with Crippen LogP contribution in [0.3, 0.4) is 0 Å². The topological polar surface area (TPSA) is 66.5 Å². The Morgan fingerprint density at radius 1 is 1.05 bits per heavy atom. The number of hydrogen-bond acceptors (Lipinski definition) is 3. The Labute approximate surface area is 130 Å². The third kappa shape index (κ3) is 3.46. The third-order valence-electron chi connectivity index (χ3n) is 3.42. The number of carbonyl (C=O) groups is 1. The molecule has 0 unspecified atom stereocenters. The summed E-state index contributed by atoms with van der Waals surface area (Å²) in [7, 11) is -1.91. The standard InChI is InChI=1S/C16H18N2O3S/c1-12-14(16(19)17-13-8-5-4-6-9-13)10-7-11-15(12)18(2)22(3,20)21/h4-11H,1-3H3,(H,17,19). The van der Waals surface area contributed by atoms with Crippen LogP contribution in [0, 0.1) is 6.92 Å². The van der Waals surface area contributed by atoms with Crippen LogP contribution in [0.25, 0.3) is 0 Å². The van der Waals surface area contributed by atoms with E-state index in [0.717, 1.165) is 6.26 Å². The average molecular weight is 318 g/mol. The van der Waals surface area contributed by atoms with E-state index in [0.29, 0.717) is 22.5 Å². The van der Waals surface area contributed by atoms with Gasteiger partial charge in [-0.25, -0.2) is 8.42 Å². The number of anilines is 2. The number of nitrogens with zero attached hydrogens (tertiary/aromatic N) is 1. The van der Waals surface area contributed by atoms with Crippen LogP contribution >= 0.6 is 0 Å². The van der Waals surface area contributed by atoms with Gasteiger partial charge in [0.2, 0.25) is 10.0 Å². The summed E-state index contributed by atoms with van der Waals surface area (Å²) in [6, 6.07) is 14.1. The summed E-state index contributed by atoms with van der Waals surface area (Å²) in [5.74, 6) is -0.271. The lowest BCUT2D eigenvalue weighted by Gasteiger charge is -2.20. The van der Waals surface area contributed by atoms with Crippen molar-refractivity contribution in [2.24, 2.45) is 0 Å². The fraction of sp³-hybridized carbons (Fsp3) is 0.188. The Morgan fingerprint density at radius 3 is 2.27 bits per heavy atom. The molecule has 0 bridgehead atoms. The molecule has 0 heterocycles. The fourth-order valence-corrected chi connectivity index (χ4v) is 2.66. The molecule has 0 aromatic heterocycles. The van der Waals surface area contributed by atoms with Crippen molar-refractivity contribution in [1.82, 2.24) is 0 Å². The van der Waals surface area contributed by atoms with Crippen LogP contribution in [0.4, 0.5) is 11.4 Å². The Morgan fingerprint density at radius 2 is 1.68 bits per heavy atom. The number of rotatable bonds is 4. The maximum absolute atomic E-state index is 12.4. The van der Waals surface area contributed by atoms with Gasteiger partial charge in [0.25, 0.3) is 5.91 Å². The second kappa shape index (κ2) is 6.19. The number of sulfonamides is 1. The molecule has 0 saturated carbocycles. The minimum absolute atomic E-state index is 0.271. The summed E-state index contributed by atoms with van der Waals surface area (Å²) in [6.45, 7) is 1.73. The maximum atomic E-state index is 12.4. The minimum Gasteiger partial charge on any atom is -0.322 e. The van der Waals surface area contributed by atoms with Gasteiger partial charge in [-0.3, -0.25) is 9.10 Å². The highest BCUT2D eigenvalue weighted by molar-refractivity contribution is 7.92. The average Bonchev–Trinajstić information content (AvgIpc) is 2.46. The lowest BCUT2D eigenvalue weighted by Crippen LogP contribution is -2.26. The highest BCUT2D eigenvalue weighted by atomic mass is 32.2. The SMILES string of the molecule is Cc1c(C(=O)Nc2ccccc2)cccc1N(C)S(C)(=O)=O. The first kappa shape index (κ1) is 16.0. The van der Waals surface area contributed by atoms with Gasteiger partial charge in [-0.1, -0.05) is 24.3 Å². The Balaban J connectivity index is 2.35. The van der Waals surface area contributed by atoms with E-state index >= 15 is 0 Å². The van der Waals surface area contributed by atoms with Crippen LogP contribution in [-0.2, 0) is 10.0 Å². The van der Waals surface area contributed by atoms with Gasteiger partial charge in [-0.2, -0.15) is 0 Å². The first-order valence-corrected chi connectivity index (χ1v) is 8.55. The van der Waals surface area contributed by atoms with Gasteiger partial charge in [-0.05, 0) is 36.8 Å². The van der Waals surface area contributed by atoms with Crippen molar-refractivity contribution in [3.8, 4) is 0 Å². The van der Waals surface area contributed by atoms with Crippen molar-refractivity contribution in [1.29, 1.82) is 0 Å². The van der Waals surface area contributed by atoms with E-state index in [1.165, 1.54) is 11.4 Å². The molecule has 1 amide bonds. The molecule has 5 nitrogen and oxygen atoms in total. The van der Waals surface area contributed by atoms with Crippen molar-refractivity contribution >= 4 is 27.3 Å². The normalized spacial score (nSPS) is 11.0. The summed E-state index contributed by atoms with van der Waals surface area (Å²) >= 11 is 0. The van der Waals surface area contributed by atoms with Crippen LogP contribution in [-0.4, -0.2) is 27.6 Å². The number of carbonyl (C=O) groups excluding carboxylic acids is 1. The van der Waals surface area contributed by atoms with Crippen molar-refractivity contribution in [2.45, 2.75) is 6.92 Å². The van der Waals surface area contributed by atoms with Gasteiger partial charge < -0.3 is 5.32 Å². The fourth-order valence-electron chi connectivity index (χ4n) is 2.11. The first-order valence-electron chi connectivity index (χ1n) is 6.70. The van der Waals surface area contributed by atoms with E-state index in [-0.39, 0.29) is 5.91 Å². The molecule has 0 aliphatic carbocycles. The van der Waals surface area contributed by atoms with E-state index < -0.39 is 10.0 Å². The summed E-state index contributed by atoms with van der Waals surface area (Å²) in [4.78, 5) is 12.4. The largest absolute Gasteiger partial charge is 0.322 e. The van der Waals surface area contributed by atoms with Crippen LogP contribution in [0.15, 0.2) is 48.5 Å². The van der Waals surface area contributed by atoms with E-state index in [2.05, 4.69) is 5.32 Å². The molecule has 22 heavy (non-hydrogen) atoms. The smallest absolute Gasteiger partial charge is 0.256 e. The highest BCUT2D eigenvalue weighted by Crippen LogP contribution is 2.24. The number of hydrogen-bond donors (Lipinski definition) is 1. The number of para-hydroxylation sites is 1. The van der Waals surface area contributed by atoms with Crippen LogP contribution < -0.4 is 9.62 Å². The van der Waals surface area contributed by atoms with E-state index in [4.69, 9.17) is 0 Å². The molecule has 116 valence electrons. The lowest BCUT2D eigenvalue weighted by atomic mass is 10.1. The van der Waals surface area contributed by atoms with Crippen molar-refractivity contribution < 1.29 is 13.2 Å². The molecule has 0 radical (unpaired) electrons. The molecule has 0 saturated heterocycles.